The van der Waals surface area contributed by atoms with Crippen molar-refractivity contribution in [3.8, 4) is 11.1 Å². The first-order valence-electron chi connectivity index (χ1n) is 9.11. The van der Waals surface area contributed by atoms with Gasteiger partial charge in [0.05, 0.1) is 11.9 Å². The van der Waals surface area contributed by atoms with E-state index in [1.807, 2.05) is 13.8 Å². The zero-order chi connectivity index (χ0) is 21.6. The topological polar surface area (TPSA) is 93.1 Å². The third-order valence-electron chi connectivity index (χ3n) is 4.79. The van der Waals surface area contributed by atoms with E-state index in [0.29, 0.717) is 28.0 Å². The van der Waals surface area contributed by atoms with Gasteiger partial charge in [0, 0.05) is 41.2 Å². The van der Waals surface area contributed by atoms with Crippen LogP contribution in [0, 0.1) is 5.82 Å². The van der Waals surface area contributed by atoms with Crippen LogP contribution in [-0.4, -0.2) is 24.1 Å². The predicted molar refractivity (Wildman–Crippen MR) is 113 cm³/mol. The van der Waals surface area contributed by atoms with Gasteiger partial charge in [-0.15, -0.1) is 0 Å². The SMILES string of the molecule is CC(C)=C1C(=O)Nc2cc(-c3cnn(C)c3)c(NS(=O)(=O)c3ccccc3F)cc21. The Labute approximate surface area is 173 Å². The summed E-state index contributed by atoms with van der Waals surface area (Å²) >= 11 is 0. The van der Waals surface area contributed by atoms with Crippen LogP contribution in [0.4, 0.5) is 15.8 Å². The average Bonchev–Trinajstić information content (AvgIpc) is 3.23. The minimum atomic E-state index is -4.21. The molecule has 9 heteroatoms. The number of allylic oxidation sites excluding steroid dienone is 1. The van der Waals surface area contributed by atoms with Crippen molar-refractivity contribution in [1.82, 2.24) is 9.78 Å². The number of nitrogens with zero attached hydrogens (tertiary/aromatic N) is 2. The minimum absolute atomic E-state index is 0.222. The summed E-state index contributed by atoms with van der Waals surface area (Å²) in [5.74, 6) is -1.10. The van der Waals surface area contributed by atoms with E-state index >= 15 is 0 Å². The van der Waals surface area contributed by atoms with Crippen LogP contribution in [0.3, 0.4) is 0 Å². The zero-order valence-corrected chi connectivity index (χ0v) is 17.3. The van der Waals surface area contributed by atoms with Gasteiger partial charge in [-0.2, -0.15) is 5.10 Å². The molecule has 154 valence electrons. The van der Waals surface area contributed by atoms with E-state index in [2.05, 4.69) is 15.1 Å². The second-order valence-electron chi connectivity index (χ2n) is 7.21. The van der Waals surface area contributed by atoms with Crippen molar-refractivity contribution in [3.05, 3.63) is 65.7 Å². The molecule has 30 heavy (non-hydrogen) atoms. The molecule has 2 aromatic carbocycles. The maximum absolute atomic E-state index is 14.2. The smallest absolute Gasteiger partial charge is 0.264 e. The van der Waals surface area contributed by atoms with Crippen molar-refractivity contribution < 1.29 is 17.6 Å². The van der Waals surface area contributed by atoms with E-state index in [4.69, 9.17) is 0 Å². The van der Waals surface area contributed by atoms with E-state index in [0.717, 1.165) is 11.6 Å². The first-order valence-corrected chi connectivity index (χ1v) is 10.6. The number of nitrogens with one attached hydrogen (secondary N) is 2. The zero-order valence-electron chi connectivity index (χ0n) is 16.5. The highest BCUT2D eigenvalue weighted by atomic mass is 32.2. The third-order valence-corrected chi connectivity index (χ3v) is 6.19. The normalized spacial score (nSPS) is 13.2. The molecule has 0 fully saturated rings. The summed E-state index contributed by atoms with van der Waals surface area (Å²) in [6.07, 6.45) is 3.31. The fourth-order valence-corrected chi connectivity index (χ4v) is 4.61. The molecular formula is C21H19FN4O3S. The third kappa shape index (κ3) is 3.37. The van der Waals surface area contributed by atoms with Crippen LogP contribution in [0.1, 0.15) is 19.4 Å². The van der Waals surface area contributed by atoms with Crippen molar-refractivity contribution in [2.75, 3.05) is 10.0 Å². The number of halogens is 1. The molecule has 1 aliphatic heterocycles. The van der Waals surface area contributed by atoms with Gasteiger partial charge in [0.1, 0.15) is 10.7 Å². The van der Waals surface area contributed by atoms with Gasteiger partial charge < -0.3 is 5.32 Å². The Hall–Kier alpha value is -3.46. The molecule has 0 spiro atoms. The molecule has 4 rings (SSSR count). The van der Waals surface area contributed by atoms with Crippen LogP contribution in [0.5, 0.6) is 0 Å². The second-order valence-corrected chi connectivity index (χ2v) is 8.86. The van der Waals surface area contributed by atoms with Crippen LogP contribution in [0.25, 0.3) is 16.7 Å². The number of aromatic nitrogens is 2. The molecule has 0 radical (unpaired) electrons. The summed E-state index contributed by atoms with van der Waals surface area (Å²) in [5, 5.41) is 6.95. The van der Waals surface area contributed by atoms with Crippen LogP contribution in [0.15, 0.2) is 59.3 Å². The van der Waals surface area contributed by atoms with E-state index in [1.54, 1.807) is 36.3 Å². The van der Waals surface area contributed by atoms with E-state index in [-0.39, 0.29) is 11.6 Å². The van der Waals surface area contributed by atoms with E-state index in [9.17, 15) is 17.6 Å². The maximum Gasteiger partial charge on any atom is 0.264 e. The number of rotatable bonds is 4. The van der Waals surface area contributed by atoms with Crippen LogP contribution < -0.4 is 10.0 Å². The number of sulfonamides is 1. The van der Waals surface area contributed by atoms with Gasteiger partial charge in [-0.3, -0.25) is 14.2 Å². The molecule has 0 unspecified atom stereocenters. The molecule has 0 bridgehead atoms. The monoisotopic (exact) mass is 426 g/mol. The minimum Gasteiger partial charge on any atom is -0.321 e. The number of carbonyl (C=O) groups excluding carboxylic acids is 1. The molecule has 7 nitrogen and oxygen atoms in total. The molecule has 2 heterocycles. The fraction of sp³-hybridized carbons (Fsp3) is 0.143. The van der Waals surface area contributed by atoms with Crippen molar-refractivity contribution in [3.63, 3.8) is 0 Å². The number of carbonyl (C=O) groups is 1. The number of aryl methyl sites for hydroxylation is 1. The lowest BCUT2D eigenvalue weighted by molar-refractivity contribution is -0.110. The highest BCUT2D eigenvalue weighted by Gasteiger charge is 2.29. The molecule has 2 N–H and O–H groups in total. The first kappa shape index (κ1) is 19.8. The highest BCUT2D eigenvalue weighted by molar-refractivity contribution is 7.92. The van der Waals surface area contributed by atoms with Gasteiger partial charge in [-0.25, -0.2) is 12.8 Å². The van der Waals surface area contributed by atoms with Crippen molar-refractivity contribution >= 4 is 32.9 Å². The number of amides is 1. The first-order chi connectivity index (χ1) is 14.2. The largest absolute Gasteiger partial charge is 0.321 e. The molecule has 1 aromatic heterocycles. The summed E-state index contributed by atoms with van der Waals surface area (Å²) in [4.78, 5) is 12.0. The molecule has 1 amide bonds. The molecule has 0 saturated carbocycles. The predicted octanol–water partition coefficient (Wildman–Crippen LogP) is 3.77. The number of fused-ring (bicyclic) bond motifs is 1. The molecular weight excluding hydrogens is 407 g/mol. The maximum atomic E-state index is 14.2. The molecule has 0 aliphatic carbocycles. The number of benzene rings is 2. The molecule has 0 saturated heterocycles. The van der Waals surface area contributed by atoms with Gasteiger partial charge in [0.2, 0.25) is 0 Å². The van der Waals surface area contributed by atoms with Gasteiger partial charge in [-0.1, -0.05) is 17.7 Å². The standard InChI is InChI=1S/C21H19FN4O3S/c1-12(2)20-15-9-18(25-30(28,29)19-7-5-4-6-16(19)22)14(8-17(15)24-21(20)27)13-10-23-26(3)11-13/h4-11,25H,1-3H3,(H,24,27). The average molecular weight is 426 g/mol. The molecule has 3 aromatic rings. The Morgan fingerprint density at radius 1 is 1.17 bits per heavy atom. The summed E-state index contributed by atoms with van der Waals surface area (Å²) < 4.78 is 44.1. The highest BCUT2D eigenvalue weighted by Crippen LogP contribution is 2.41. The van der Waals surface area contributed by atoms with Crippen molar-refractivity contribution in [2.45, 2.75) is 18.7 Å². The lowest BCUT2D eigenvalue weighted by atomic mass is 9.98. The summed E-state index contributed by atoms with van der Waals surface area (Å²) in [7, 11) is -2.47. The van der Waals surface area contributed by atoms with E-state index < -0.39 is 20.7 Å². The Morgan fingerprint density at radius 2 is 1.90 bits per heavy atom. The van der Waals surface area contributed by atoms with Crippen molar-refractivity contribution in [1.29, 1.82) is 0 Å². The summed E-state index contributed by atoms with van der Waals surface area (Å²) in [5.41, 5.74) is 3.81. The summed E-state index contributed by atoms with van der Waals surface area (Å²) in [6.45, 7) is 3.62. The van der Waals surface area contributed by atoms with Crippen LogP contribution in [0.2, 0.25) is 0 Å². The van der Waals surface area contributed by atoms with Gasteiger partial charge in [0.25, 0.3) is 15.9 Å². The van der Waals surface area contributed by atoms with Gasteiger partial charge in [0.15, 0.2) is 0 Å². The van der Waals surface area contributed by atoms with Gasteiger partial charge >= 0.3 is 0 Å². The Balaban J connectivity index is 1.91. The van der Waals surface area contributed by atoms with Gasteiger partial charge in [-0.05, 0) is 38.1 Å². The quantitative estimate of drug-likeness (QED) is 0.621. The number of anilines is 2. The summed E-state index contributed by atoms with van der Waals surface area (Å²) in [6, 6.07) is 8.44. The second kappa shape index (κ2) is 7.10. The van der Waals surface area contributed by atoms with E-state index in [1.165, 1.54) is 18.2 Å². The van der Waals surface area contributed by atoms with Crippen LogP contribution >= 0.6 is 0 Å². The fourth-order valence-electron chi connectivity index (χ4n) is 3.46. The number of hydrogen-bond donors (Lipinski definition) is 2. The molecule has 0 atom stereocenters. The Morgan fingerprint density at radius 3 is 2.53 bits per heavy atom. The van der Waals surface area contributed by atoms with Crippen LogP contribution in [-0.2, 0) is 21.9 Å². The lowest BCUT2D eigenvalue weighted by Crippen LogP contribution is -2.15. The Bertz CT molecular complexity index is 1320. The van der Waals surface area contributed by atoms with Crippen molar-refractivity contribution in [2.24, 2.45) is 7.05 Å². The lowest BCUT2D eigenvalue weighted by Gasteiger charge is -2.15. The molecule has 1 aliphatic rings. The Kier molecular flexibility index (Phi) is 4.70. The number of hydrogen-bond acceptors (Lipinski definition) is 4.